The van der Waals surface area contributed by atoms with Gasteiger partial charge >= 0.3 is 0 Å². The summed E-state index contributed by atoms with van der Waals surface area (Å²) in [5.74, 6) is 1.77. The Morgan fingerprint density at radius 1 is 0.875 bits per heavy atom. The summed E-state index contributed by atoms with van der Waals surface area (Å²) in [6, 6.07) is 0. The van der Waals surface area contributed by atoms with Gasteiger partial charge in [-0.3, -0.25) is 0 Å². The zero-order valence-electron chi connectivity index (χ0n) is 13.2. The molecule has 0 nitrogen and oxygen atoms in total. The van der Waals surface area contributed by atoms with Crippen LogP contribution in [0.15, 0.2) is 0 Å². The fourth-order valence-electron chi connectivity index (χ4n) is 1.68. The zero-order valence-corrected chi connectivity index (χ0v) is 13.2. The summed E-state index contributed by atoms with van der Waals surface area (Å²) in [7, 11) is 0. The zero-order chi connectivity index (χ0) is 13.2. The molecule has 0 saturated carbocycles. The highest BCUT2D eigenvalue weighted by Gasteiger charge is 2.16. The maximum Gasteiger partial charge on any atom is -0.0331 e. The highest BCUT2D eigenvalue weighted by Crippen LogP contribution is 2.30. The van der Waals surface area contributed by atoms with Gasteiger partial charge in [0, 0.05) is 0 Å². The number of hydrogen-bond acceptors (Lipinski definition) is 0. The molecule has 0 aromatic carbocycles. The molecule has 100 valence electrons. The molecule has 0 heterocycles. The van der Waals surface area contributed by atoms with Crippen molar-refractivity contribution in [3.63, 3.8) is 0 Å². The Kier molecular flexibility index (Phi) is 11.7. The first-order chi connectivity index (χ1) is 7.36. The Balaban J connectivity index is 0. The average molecular weight is 228 g/mol. The third-order valence-electron chi connectivity index (χ3n) is 4.34. The second kappa shape index (κ2) is 10.2. The molecule has 0 saturated heterocycles. The van der Waals surface area contributed by atoms with Crippen LogP contribution in [0.1, 0.15) is 87.5 Å². The predicted molar refractivity (Wildman–Crippen MR) is 77.9 cm³/mol. The second-order valence-corrected chi connectivity index (χ2v) is 5.90. The van der Waals surface area contributed by atoms with Crippen molar-refractivity contribution in [3.05, 3.63) is 0 Å². The van der Waals surface area contributed by atoms with Gasteiger partial charge in [-0.2, -0.15) is 0 Å². The van der Waals surface area contributed by atoms with Crippen molar-refractivity contribution in [1.29, 1.82) is 0 Å². The second-order valence-electron chi connectivity index (χ2n) is 5.90. The molecular formula is C16H36. The molecule has 0 radical (unpaired) electrons. The van der Waals surface area contributed by atoms with E-state index in [-0.39, 0.29) is 0 Å². The van der Waals surface area contributed by atoms with Crippen molar-refractivity contribution in [2.75, 3.05) is 0 Å². The van der Waals surface area contributed by atoms with Crippen LogP contribution in [-0.2, 0) is 0 Å². The minimum Gasteiger partial charge on any atom is -0.0654 e. The van der Waals surface area contributed by atoms with Crippen LogP contribution in [0, 0.1) is 17.3 Å². The van der Waals surface area contributed by atoms with E-state index in [1.165, 1.54) is 32.1 Å². The Morgan fingerprint density at radius 3 is 1.38 bits per heavy atom. The third-order valence-corrected chi connectivity index (χ3v) is 4.34. The summed E-state index contributed by atoms with van der Waals surface area (Å²) >= 11 is 0. The topological polar surface area (TPSA) is 0 Å². The molecule has 0 aliphatic heterocycles. The summed E-state index contributed by atoms with van der Waals surface area (Å²) in [5.41, 5.74) is 0.634. The largest absolute Gasteiger partial charge is 0.0654 e. The van der Waals surface area contributed by atoms with Crippen LogP contribution in [0.5, 0.6) is 0 Å². The molecule has 0 aromatic rings. The van der Waals surface area contributed by atoms with Gasteiger partial charge in [-0.15, -0.1) is 0 Å². The van der Waals surface area contributed by atoms with Crippen LogP contribution in [0.3, 0.4) is 0 Å². The van der Waals surface area contributed by atoms with E-state index in [1.54, 1.807) is 0 Å². The molecule has 0 N–H and O–H groups in total. The normalized spacial score (nSPS) is 13.3. The first-order valence-corrected chi connectivity index (χ1v) is 7.36. The van der Waals surface area contributed by atoms with Crippen LogP contribution in [0.4, 0.5) is 0 Å². The summed E-state index contributed by atoms with van der Waals surface area (Å²) in [6.45, 7) is 18.3. The van der Waals surface area contributed by atoms with E-state index in [1.807, 2.05) is 0 Å². The predicted octanol–water partition coefficient (Wildman–Crippen LogP) is 6.30. The van der Waals surface area contributed by atoms with Crippen molar-refractivity contribution in [2.24, 2.45) is 17.3 Å². The lowest BCUT2D eigenvalue weighted by Gasteiger charge is -2.25. The van der Waals surface area contributed by atoms with Gasteiger partial charge in [0.2, 0.25) is 0 Å². The Morgan fingerprint density at radius 2 is 1.31 bits per heavy atom. The molecule has 0 aliphatic rings. The monoisotopic (exact) mass is 228 g/mol. The van der Waals surface area contributed by atoms with Crippen molar-refractivity contribution in [2.45, 2.75) is 87.5 Å². The van der Waals surface area contributed by atoms with Crippen molar-refractivity contribution in [3.8, 4) is 0 Å². The molecule has 16 heavy (non-hydrogen) atoms. The smallest absolute Gasteiger partial charge is 0.0331 e. The van der Waals surface area contributed by atoms with E-state index in [2.05, 4.69) is 55.4 Å². The molecule has 1 atom stereocenters. The fraction of sp³-hybridized carbons (Fsp3) is 1.00. The minimum atomic E-state index is 0.634. The van der Waals surface area contributed by atoms with Gasteiger partial charge in [-0.05, 0) is 23.7 Å². The molecule has 0 aromatic heterocycles. The van der Waals surface area contributed by atoms with Gasteiger partial charge in [0.15, 0.2) is 0 Å². The van der Waals surface area contributed by atoms with Crippen LogP contribution < -0.4 is 0 Å². The SMILES string of the molecule is CCC(C)C(C)C.CCCC(C)(CC)CC. The summed E-state index contributed by atoms with van der Waals surface area (Å²) in [4.78, 5) is 0. The van der Waals surface area contributed by atoms with Crippen molar-refractivity contribution < 1.29 is 0 Å². The van der Waals surface area contributed by atoms with Gasteiger partial charge in [0.05, 0.1) is 0 Å². The van der Waals surface area contributed by atoms with E-state index in [0.29, 0.717) is 5.41 Å². The van der Waals surface area contributed by atoms with E-state index >= 15 is 0 Å². The first kappa shape index (κ1) is 18.4. The number of hydrogen-bond donors (Lipinski definition) is 0. The molecule has 0 amide bonds. The Labute approximate surface area is 105 Å². The number of rotatable bonds is 6. The van der Waals surface area contributed by atoms with Gasteiger partial charge < -0.3 is 0 Å². The van der Waals surface area contributed by atoms with Gasteiger partial charge in [0.1, 0.15) is 0 Å². The first-order valence-electron chi connectivity index (χ1n) is 7.36. The van der Waals surface area contributed by atoms with Crippen LogP contribution in [0.25, 0.3) is 0 Å². The minimum absolute atomic E-state index is 0.634. The summed E-state index contributed by atoms with van der Waals surface area (Å²) < 4.78 is 0. The summed E-state index contributed by atoms with van der Waals surface area (Å²) in [5, 5.41) is 0. The summed E-state index contributed by atoms with van der Waals surface area (Å²) in [6.07, 6.45) is 6.70. The van der Waals surface area contributed by atoms with Crippen LogP contribution in [0.2, 0.25) is 0 Å². The van der Waals surface area contributed by atoms with E-state index in [4.69, 9.17) is 0 Å². The lowest BCUT2D eigenvalue weighted by atomic mass is 9.81. The average Bonchev–Trinajstić information content (AvgIpc) is 2.28. The molecule has 0 aliphatic carbocycles. The van der Waals surface area contributed by atoms with Crippen LogP contribution in [-0.4, -0.2) is 0 Å². The van der Waals surface area contributed by atoms with Crippen LogP contribution >= 0.6 is 0 Å². The fourth-order valence-corrected chi connectivity index (χ4v) is 1.68. The van der Waals surface area contributed by atoms with Gasteiger partial charge in [0.25, 0.3) is 0 Å². The Bertz CT molecular complexity index is 131. The maximum atomic E-state index is 2.39. The van der Waals surface area contributed by atoms with Crippen molar-refractivity contribution in [1.82, 2.24) is 0 Å². The molecule has 0 rings (SSSR count). The maximum absolute atomic E-state index is 2.39. The highest BCUT2D eigenvalue weighted by molar-refractivity contribution is 4.69. The molecule has 1 unspecified atom stereocenters. The highest BCUT2D eigenvalue weighted by atomic mass is 14.2. The lowest BCUT2D eigenvalue weighted by molar-refractivity contribution is 0.270. The molecule has 0 fully saturated rings. The third kappa shape index (κ3) is 9.24. The van der Waals surface area contributed by atoms with Gasteiger partial charge in [-0.25, -0.2) is 0 Å². The lowest BCUT2D eigenvalue weighted by Crippen LogP contribution is -2.12. The molecule has 0 spiro atoms. The van der Waals surface area contributed by atoms with E-state index in [9.17, 15) is 0 Å². The standard InChI is InChI=1S/C9H20.C7H16/c1-5-8-9(4,6-2)7-3;1-5-7(4)6(2)3/h5-8H2,1-4H3;6-7H,5H2,1-4H3. The molecule has 0 heteroatoms. The van der Waals surface area contributed by atoms with E-state index in [0.717, 1.165) is 11.8 Å². The molecular weight excluding hydrogens is 192 g/mol. The van der Waals surface area contributed by atoms with E-state index < -0.39 is 0 Å². The Hall–Kier alpha value is 0. The molecule has 0 bridgehead atoms. The quantitative estimate of drug-likeness (QED) is 0.500. The van der Waals surface area contributed by atoms with Gasteiger partial charge in [-0.1, -0.05) is 81.1 Å². The van der Waals surface area contributed by atoms with Crippen molar-refractivity contribution >= 4 is 0 Å².